The fourth-order valence-electron chi connectivity index (χ4n) is 3.30. The molecule has 4 heteroatoms. The Bertz CT molecular complexity index is 697. The molecule has 4 nitrogen and oxygen atoms in total. The fraction of sp³-hybridized carbons (Fsp3) is 0.350. The topological polar surface area (TPSA) is 34.0 Å². The largest absolute Gasteiger partial charge is 0.497 e. The third-order valence-corrected chi connectivity index (χ3v) is 4.53. The van der Waals surface area contributed by atoms with Crippen molar-refractivity contribution < 1.29 is 14.4 Å². The van der Waals surface area contributed by atoms with E-state index in [1.165, 1.54) is 16.0 Å². The zero-order valence-electron chi connectivity index (χ0n) is 14.4. The second kappa shape index (κ2) is 7.49. The van der Waals surface area contributed by atoms with Gasteiger partial charge >= 0.3 is 0 Å². The molecule has 0 fully saturated rings. The van der Waals surface area contributed by atoms with E-state index < -0.39 is 0 Å². The summed E-state index contributed by atoms with van der Waals surface area (Å²) in [5.74, 6) is 1.06. The molecule has 1 aliphatic heterocycles. The van der Waals surface area contributed by atoms with E-state index >= 15 is 0 Å². The third kappa shape index (κ3) is 3.77. The van der Waals surface area contributed by atoms with E-state index in [9.17, 15) is 4.79 Å². The van der Waals surface area contributed by atoms with Gasteiger partial charge in [-0.1, -0.05) is 18.2 Å². The monoisotopic (exact) mass is 325 g/mol. The van der Waals surface area contributed by atoms with E-state index in [1.807, 2.05) is 29.2 Å². The first-order chi connectivity index (χ1) is 11.7. The number of hydrogen-bond acceptors (Lipinski definition) is 2. The number of carbonyl (C=O) groups excluding carboxylic acids is 1. The predicted octanol–water partition coefficient (Wildman–Crippen LogP) is 1.69. The number of likely N-dealkylation sites (N-methyl/N-ethyl adjacent to an activating group) is 1. The Morgan fingerprint density at radius 1 is 1.17 bits per heavy atom. The van der Waals surface area contributed by atoms with Crippen LogP contribution in [0.3, 0.4) is 0 Å². The zero-order valence-corrected chi connectivity index (χ0v) is 14.4. The molecule has 1 atom stereocenters. The molecule has 1 unspecified atom stereocenters. The average molecular weight is 325 g/mol. The number of hydrogen-bond donors (Lipinski definition) is 1. The van der Waals surface area contributed by atoms with Crippen LogP contribution in [-0.4, -0.2) is 33.2 Å². The molecule has 0 radical (unpaired) electrons. The Balaban J connectivity index is 1.62. The van der Waals surface area contributed by atoms with Gasteiger partial charge in [0.15, 0.2) is 6.54 Å². The number of anilines is 1. The van der Waals surface area contributed by atoms with Gasteiger partial charge in [0.25, 0.3) is 5.91 Å². The third-order valence-electron chi connectivity index (χ3n) is 4.53. The second-order valence-corrected chi connectivity index (χ2v) is 6.44. The first-order valence-corrected chi connectivity index (χ1v) is 8.50. The predicted molar refractivity (Wildman–Crippen MR) is 95.6 cm³/mol. The highest BCUT2D eigenvalue weighted by Gasteiger charge is 2.24. The van der Waals surface area contributed by atoms with E-state index in [-0.39, 0.29) is 5.91 Å². The van der Waals surface area contributed by atoms with Crippen molar-refractivity contribution in [1.82, 2.24) is 0 Å². The van der Waals surface area contributed by atoms with Crippen LogP contribution in [0.15, 0.2) is 48.5 Å². The van der Waals surface area contributed by atoms with E-state index in [4.69, 9.17) is 4.74 Å². The Labute approximate surface area is 143 Å². The number of methoxy groups -OCH3 is 1. The lowest BCUT2D eigenvalue weighted by molar-refractivity contribution is -0.885. The number of amides is 1. The number of fused-ring (bicyclic) bond motifs is 1. The molecular weight excluding hydrogens is 300 g/mol. The number of quaternary nitrogens is 1. The van der Waals surface area contributed by atoms with Crippen molar-refractivity contribution in [3.05, 3.63) is 59.7 Å². The summed E-state index contributed by atoms with van der Waals surface area (Å²) in [7, 11) is 3.74. The molecule has 24 heavy (non-hydrogen) atoms. The maximum Gasteiger partial charge on any atom is 0.282 e. The molecule has 3 rings (SSSR count). The summed E-state index contributed by atoms with van der Waals surface area (Å²) in [6.07, 6.45) is 2.11. The minimum Gasteiger partial charge on any atom is -0.497 e. The molecule has 1 aliphatic rings. The second-order valence-electron chi connectivity index (χ2n) is 6.44. The number of aryl methyl sites for hydroxylation is 1. The summed E-state index contributed by atoms with van der Waals surface area (Å²) in [6, 6.07) is 16.3. The van der Waals surface area contributed by atoms with E-state index in [2.05, 4.69) is 31.3 Å². The van der Waals surface area contributed by atoms with Crippen LogP contribution in [0.5, 0.6) is 5.75 Å². The van der Waals surface area contributed by atoms with Crippen molar-refractivity contribution in [3.8, 4) is 5.75 Å². The number of nitrogens with one attached hydrogen (secondary N) is 1. The van der Waals surface area contributed by atoms with E-state index in [0.29, 0.717) is 6.54 Å². The molecule has 0 bridgehead atoms. The van der Waals surface area contributed by atoms with Gasteiger partial charge in [0.2, 0.25) is 0 Å². The number of para-hydroxylation sites is 1. The Kier molecular flexibility index (Phi) is 5.16. The minimum absolute atomic E-state index is 0.202. The zero-order chi connectivity index (χ0) is 16.9. The number of nitrogens with zero attached hydrogens (tertiary/aromatic N) is 1. The van der Waals surface area contributed by atoms with E-state index in [0.717, 1.165) is 37.4 Å². The summed E-state index contributed by atoms with van der Waals surface area (Å²) in [5.41, 5.74) is 3.58. The molecule has 1 amide bonds. The summed E-state index contributed by atoms with van der Waals surface area (Å²) in [4.78, 5) is 15.9. The molecule has 0 aliphatic carbocycles. The Hall–Kier alpha value is -2.33. The van der Waals surface area contributed by atoms with Crippen molar-refractivity contribution in [2.45, 2.75) is 19.4 Å². The quantitative estimate of drug-likeness (QED) is 0.908. The highest BCUT2D eigenvalue weighted by Crippen LogP contribution is 2.26. The standard InChI is InChI=1S/C20H24N2O2/c1-21(14-16-9-11-18(24-2)12-10-16)15-20(23)22-13-5-7-17-6-3-4-8-19(17)22/h3-4,6,8-12H,5,7,13-15H2,1-2H3/p+1. The van der Waals surface area contributed by atoms with Gasteiger partial charge in [-0.15, -0.1) is 0 Å². The Morgan fingerprint density at radius 3 is 2.67 bits per heavy atom. The summed E-state index contributed by atoms with van der Waals surface area (Å²) in [5, 5.41) is 0. The Morgan fingerprint density at radius 2 is 1.92 bits per heavy atom. The van der Waals surface area contributed by atoms with Crippen molar-refractivity contribution in [2.75, 3.05) is 32.1 Å². The van der Waals surface area contributed by atoms with Gasteiger partial charge in [0, 0.05) is 17.8 Å². The van der Waals surface area contributed by atoms with Crippen LogP contribution in [0, 0.1) is 0 Å². The highest BCUT2D eigenvalue weighted by atomic mass is 16.5. The van der Waals surface area contributed by atoms with Gasteiger partial charge < -0.3 is 14.5 Å². The lowest BCUT2D eigenvalue weighted by Gasteiger charge is -2.30. The van der Waals surface area contributed by atoms with Gasteiger partial charge in [0.05, 0.1) is 14.2 Å². The van der Waals surface area contributed by atoms with Crippen molar-refractivity contribution >= 4 is 11.6 Å². The molecule has 2 aromatic rings. The van der Waals surface area contributed by atoms with Gasteiger partial charge in [-0.25, -0.2) is 0 Å². The lowest BCUT2D eigenvalue weighted by Crippen LogP contribution is -3.09. The van der Waals surface area contributed by atoms with Crippen molar-refractivity contribution in [1.29, 1.82) is 0 Å². The van der Waals surface area contributed by atoms with Gasteiger partial charge in [-0.2, -0.15) is 0 Å². The molecule has 1 heterocycles. The molecule has 2 aromatic carbocycles. The molecular formula is C20H25N2O2+. The van der Waals surface area contributed by atoms with Crippen LogP contribution in [0.4, 0.5) is 5.69 Å². The SMILES string of the molecule is COc1ccc(C[NH+](C)CC(=O)N2CCCc3ccccc32)cc1. The first-order valence-electron chi connectivity index (χ1n) is 8.50. The number of rotatable bonds is 5. The van der Waals surface area contributed by atoms with Gasteiger partial charge in [-0.3, -0.25) is 4.79 Å². The normalized spacial score (nSPS) is 14.8. The van der Waals surface area contributed by atoms with Crippen LogP contribution >= 0.6 is 0 Å². The molecule has 1 N–H and O–H groups in total. The van der Waals surface area contributed by atoms with Crippen molar-refractivity contribution in [2.24, 2.45) is 0 Å². The maximum absolute atomic E-state index is 12.7. The minimum atomic E-state index is 0.202. The van der Waals surface area contributed by atoms with Crippen molar-refractivity contribution in [3.63, 3.8) is 0 Å². The summed E-state index contributed by atoms with van der Waals surface area (Å²) >= 11 is 0. The average Bonchev–Trinajstić information content (AvgIpc) is 2.61. The molecule has 0 saturated carbocycles. The first kappa shape index (κ1) is 16.5. The number of ether oxygens (including phenoxy) is 1. The fourth-order valence-corrected chi connectivity index (χ4v) is 3.30. The number of benzene rings is 2. The van der Waals surface area contributed by atoms with Crippen LogP contribution in [-0.2, 0) is 17.8 Å². The lowest BCUT2D eigenvalue weighted by atomic mass is 10.0. The summed E-state index contributed by atoms with van der Waals surface area (Å²) in [6.45, 7) is 2.15. The van der Waals surface area contributed by atoms with E-state index in [1.54, 1.807) is 7.11 Å². The van der Waals surface area contributed by atoms with Crippen LogP contribution in [0.25, 0.3) is 0 Å². The van der Waals surface area contributed by atoms with Gasteiger partial charge in [0.1, 0.15) is 12.3 Å². The van der Waals surface area contributed by atoms with Crippen LogP contribution < -0.4 is 14.5 Å². The molecule has 0 aromatic heterocycles. The molecule has 0 spiro atoms. The van der Waals surface area contributed by atoms with Crippen LogP contribution in [0.2, 0.25) is 0 Å². The molecule has 0 saturated heterocycles. The molecule has 126 valence electrons. The maximum atomic E-state index is 12.7. The van der Waals surface area contributed by atoms with Gasteiger partial charge in [-0.05, 0) is 48.7 Å². The number of carbonyl (C=O) groups is 1. The highest BCUT2D eigenvalue weighted by molar-refractivity contribution is 5.95. The summed E-state index contributed by atoms with van der Waals surface area (Å²) < 4.78 is 5.18. The van der Waals surface area contributed by atoms with Crippen LogP contribution in [0.1, 0.15) is 17.5 Å². The smallest absolute Gasteiger partial charge is 0.282 e.